The molecule has 2 N–H and O–H groups in total. The van der Waals surface area contributed by atoms with E-state index in [1.54, 1.807) is 6.07 Å². The zero-order chi connectivity index (χ0) is 21.1. The molecule has 5 nitrogen and oxygen atoms in total. The number of nitrogens with zero attached hydrogens (tertiary/aromatic N) is 1. The van der Waals surface area contributed by atoms with Gasteiger partial charge in [0.15, 0.2) is 0 Å². The molecule has 0 atom stereocenters. The zero-order valence-corrected chi connectivity index (χ0v) is 17.7. The van der Waals surface area contributed by atoms with E-state index in [4.69, 9.17) is 11.6 Å². The van der Waals surface area contributed by atoms with Crippen molar-refractivity contribution in [2.75, 3.05) is 25.0 Å². The Hall–Kier alpha value is -2.48. The van der Waals surface area contributed by atoms with E-state index in [0.717, 1.165) is 31.6 Å². The highest BCUT2D eigenvalue weighted by molar-refractivity contribution is 7.21. The van der Waals surface area contributed by atoms with Gasteiger partial charge in [-0.25, -0.2) is 4.39 Å². The minimum atomic E-state index is -0.351. The van der Waals surface area contributed by atoms with Crippen molar-refractivity contribution >= 4 is 50.5 Å². The Morgan fingerprint density at radius 2 is 1.87 bits per heavy atom. The van der Waals surface area contributed by atoms with Crippen molar-refractivity contribution in [3.8, 4) is 0 Å². The highest BCUT2D eigenvalue weighted by atomic mass is 35.5. The number of hydrogen-bond donors (Lipinski definition) is 2. The maximum atomic E-state index is 13.4. The molecule has 0 radical (unpaired) electrons. The number of carbonyl (C=O) groups is 2. The second-order valence-electron chi connectivity index (χ2n) is 7.32. The topological polar surface area (TPSA) is 61.4 Å². The first-order valence-electron chi connectivity index (χ1n) is 9.75. The molecule has 2 aromatic carbocycles. The molecule has 2 amide bonds. The van der Waals surface area contributed by atoms with Crippen molar-refractivity contribution in [1.29, 1.82) is 0 Å². The summed E-state index contributed by atoms with van der Waals surface area (Å²) in [5, 5.41) is 6.97. The fourth-order valence-electron chi connectivity index (χ4n) is 3.60. The average molecular weight is 446 g/mol. The monoisotopic (exact) mass is 445 g/mol. The van der Waals surface area contributed by atoms with Crippen molar-refractivity contribution in [2.24, 2.45) is 0 Å². The van der Waals surface area contributed by atoms with Crippen LogP contribution in [0.15, 0.2) is 48.5 Å². The van der Waals surface area contributed by atoms with Crippen molar-refractivity contribution < 1.29 is 14.0 Å². The lowest BCUT2D eigenvalue weighted by atomic mass is 10.0. The number of halogens is 2. The fourth-order valence-corrected chi connectivity index (χ4v) is 5.04. The van der Waals surface area contributed by atoms with Crippen molar-refractivity contribution in [3.05, 3.63) is 64.2 Å². The van der Waals surface area contributed by atoms with Gasteiger partial charge < -0.3 is 10.6 Å². The lowest BCUT2D eigenvalue weighted by Crippen LogP contribution is -2.46. The first kappa shape index (κ1) is 20.8. The molecule has 0 saturated carbocycles. The summed E-state index contributed by atoms with van der Waals surface area (Å²) in [5.74, 6) is -0.633. The summed E-state index contributed by atoms with van der Waals surface area (Å²) >= 11 is 7.54. The van der Waals surface area contributed by atoms with Gasteiger partial charge in [0.05, 0.1) is 11.6 Å². The van der Waals surface area contributed by atoms with Gasteiger partial charge in [0.25, 0.3) is 5.91 Å². The Bertz CT molecular complexity index is 1060. The fraction of sp³-hybridized carbons (Fsp3) is 0.273. The van der Waals surface area contributed by atoms with Gasteiger partial charge in [-0.3, -0.25) is 14.5 Å². The van der Waals surface area contributed by atoms with Crippen LogP contribution >= 0.6 is 22.9 Å². The van der Waals surface area contributed by atoms with E-state index in [2.05, 4.69) is 15.5 Å². The van der Waals surface area contributed by atoms with E-state index in [-0.39, 0.29) is 23.7 Å². The largest absolute Gasteiger partial charge is 0.348 e. The lowest BCUT2D eigenvalue weighted by molar-refractivity contribution is -0.117. The zero-order valence-electron chi connectivity index (χ0n) is 16.2. The number of piperidine rings is 1. The van der Waals surface area contributed by atoms with E-state index in [1.807, 2.05) is 30.3 Å². The predicted octanol–water partition coefficient (Wildman–Crippen LogP) is 4.53. The predicted molar refractivity (Wildman–Crippen MR) is 119 cm³/mol. The number of thiophene rings is 1. The highest BCUT2D eigenvalue weighted by Gasteiger charge is 2.24. The quantitative estimate of drug-likeness (QED) is 0.606. The number of amides is 2. The van der Waals surface area contributed by atoms with E-state index in [9.17, 15) is 14.0 Å². The van der Waals surface area contributed by atoms with Crippen molar-refractivity contribution in [1.82, 2.24) is 10.2 Å². The third kappa shape index (κ3) is 4.80. The molecule has 30 heavy (non-hydrogen) atoms. The SMILES string of the molecule is O=C(CN1CCC(NC(=O)c2sc3cc(F)ccc3c2Cl)CC1)Nc1ccccc1. The Labute approximate surface area is 182 Å². The molecule has 0 unspecified atom stereocenters. The summed E-state index contributed by atoms with van der Waals surface area (Å²) in [6.07, 6.45) is 1.50. The molecule has 0 aliphatic carbocycles. The van der Waals surface area contributed by atoms with Crippen LogP contribution in [-0.4, -0.2) is 42.4 Å². The van der Waals surface area contributed by atoms with Crippen LogP contribution in [-0.2, 0) is 4.79 Å². The van der Waals surface area contributed by atoms with Crippen LogP contribution in [0.1, 0.15) is 22.5 Å². The van der Waals surface area contributed by atoms with Gasteiger partial charge in [-0.1, -0.05) is 29.8 Å². The number of fused-ring (bicyclic) bond motifs is 1. The summed E-state index contributed by atoms with van der Waals surface area (Å²) in [5.41, 5.74) is 0.782. The summed E-state index contributed by atoms with van der Waals surface area (Å²) < 4.78 is 14.1. The lowest BCUT2D eigenvalue weighted by Gasteiger charge is -2.31. The number of hydrogen-bond acceptors (Lipinski definition) is 4. The van der Waals surface area contributed by atoms with Gasteiger partial charge in [-0.05, 0) is 43.2 Å². The standard InChI is InChI=1S/C22H21ClFN3O2S/c23-20-17-7-6-14(24)12-18(17)30-21(20)22(29)26-16-8-10-27(11-9-16)13-19(28)25-15-4-2-1-3-5-15/h1-7,12,16H,8-11,13H2,(H,25,28)(H,26,29). The molecule has 1 saturated heterocycles. The summed E-state index contributed by atoms with van der Waals surface area (Å²) in [6.45, 7) is 1.76. The minimum absolute atomic E-state index is 0.0175. The summed E-state index contributed by atoms with van der Waals surface area (Å²) in [6, 6.07) is 13.7. The highest BCUT2D eigenvalue weighted by Crippen LogP contribution is 2.35. The van der Waals surface area contributed by atoms with Crippen LogP contribution in [0.4, 0.5) is 10.1 Å². The smallest absolute Gasteiger partial charge is 0.263 e. The summed E-state index contributed by atoms with van der Waals surface area (Å²) in [7, 11) is 0. The van der Waals surface area contributed by atoms with Gasteiger partial charge in [0.1, 0.15) is 10.7 Å². The van der Waals surface area contributed by atoms with Crippen LogP contribution in [0.5, 0.6) is 0 Å². The number of benzene rings is 2. The molecule has 1 fully saturated rings. The maximum absolute atomic E-state index is 13.4. The van der Waals surface area contributed by atoms with Crippen molar-refractivity contribution in [3.63, 3.8) is 0 Å². The Morgan fingerprint density at radius 3 is 2.60 bits per heavy atom. The van der Waals surface area contributed by atoms with Crippen LogP contribution in [0.25, 0.3) is 10.1 Å². The van der Waals surface area contributed by atoms with Gasteiger partial charge in [0.2, 0.25) is 5.91 Å². The normalized spacial score (nSPS) is 15.3. The van der Waals surface area contributed by atoms with Crippen LogP contribution in [0.2, 0.25) is 5.02 Å². The number of nitrogens with one attached hydrogen (secondary N) is 2. The van der Waals surface area contributed by atoms with Gasteiger partial charge in [-0.2, -0.15) is 0 Å². The van der Waals surface area contributed by atoms with E-state index in [0.29, 0.717) is 26.5 Å². The van der Waals surface area contributed by atoms with E-state index >= 15 is 0 Å². The molecule has 1 aliphatic heterocycles. The van der Waals surface area contributed by atoms with E-state index < -0.39 is 0 Å². The molecule has 1 aromatic heterocycles. The summed E-state index contributed by atoms with van der Waals surface area (Å²) in [4.78, 5) is 27.4. The molecule has 3 aromatic rings. The number of carbonyl (C=O) groups excluding carboxylic acids is 2. The van der Waals surface area contributed by atoms with Crippen LogP contribution in [0, 0.1) is 5.82 Å². The average Bonchev–Trinajstić information content (AvgIpc) is 3.06. The number of likely N-dealkylation sites (tertiary alicyclic amines) is 1. The second kappa shape index (κ2) is 9.12. The Kier molecular flexibility index (Phi) is 6.32. The Balaban J connectivity index is 1.29. The molecule has 2 heterocycles. The molecular formula is C22H21ClFN3O2S. The first-order valence-corrected chi connectivity index (χ1v) is 10.9. The van der Waals surface area contributed by atoms with Crippen LogP contribution < -0.4 is 10.6 Å². The van der Waals surface area contributed by atoms with E-state index in [1.165, 1.54) is 23.5 Å². The third-order valence-electron chi connectivity index (χ3n) is 5.15. The number of para-hydroxylation sites is 1. The van der Waals surface area contributed by atoms with Gasteiger partial charge >= 0.3 is 0 Å². The molecule has 4 rings (SSSR count). The molecule has 0 spiro atoms. The molecule has 8 heteroatoms. The number of anilines is 1. The van der Waals surface area contributed by atoms with Gasteiger partial charge in [-0.15, -0.1) is 11.3 Å². The molecular weight excluding hydrogens is 425 g/mol. The second-order valence-corrected chi connectivity index (χ2v) is 8.75. The molecule has 1 aliphatic rings. The third-order valence-corrected chi connectivity index (χ3v) is 6.80. The molecule has 0 bridgehead atoms. The van der Waals surface area contributed by atoms with Gasteiger partial charge in [0, 0.05) is 34.9 Å². The first-order chi connectivity index (χ1) is 14.5. The maximum Gasteiger partial charge on any atom is 0.263 e. The Morgan fingerprint density at radius 1 is 1.13 bits per heavy atom. The number of rotatable bonds is 5. The minimum Gasteiger partial charge on any atom is -0.348 e. The van der Waals surface area contributed by atoms with Crippen molar-refractivity contribution in [2.45, 2.75) is 18.9 Å². The molecule has 156 valence electrons. The van der Waals surface area contributed by atoms with Crippen LogP contribution in [0.3, 0.4) is 0 Å².